The topological polar surface area (TPSA) is 52.0 Å². The number of aromatic nitrogens is 1. The fourth-order valence-electron chi connectivity index (χ4n) is 8.84. The summed E-state index contributed by atoms with van der Waals surface area (Å²) in [6, 6.07) is 48.1. The molecule has 10 rings (SSSR count). The van der Waals surface area contributed by atoms with Crippen molar-refractivity contribution in [2.24, 2.45) is 0 Å². The van der Waals surface area contributed by atoms with Crippen molar-refractivity contribution in [3.8, 4) is 56.6 Å². The Bertz CT molecular complexity index is 3050. The number of para-hydroxylation sites is 1. The molecule has 0 spiro atoms. The van der Waals surface area contributed by atoms with Gasteiger partial charge in [-0.05, 0) is 142 Å². The minimum absolute atomic E-state index is 0.672. The van der Waals surface area contributed by atoms with Crippen LogP contribution in [0.2, 0.25) is 0 Å². The van der Waals surface area contributed by atoms with E-state index in [1.54, 1.807) is 0 Å². The number of nitriles is 2. The average molecular weight is 650 g/mol. The summed E-state index contributed by atoms with van der Waals surface area (Å²) in [5.74, 6) is 0. The zero-order chi connectivity index (χ0) is 34.5. The van der Waals surface area contributed by atoms with Gasteiger partial charge in [0.25, 0.3) is 0 Å². The van der Waals surface area contributed by atoms with E-state index in [0.29, 0.717) is 11.1 Å². The highest BCUT2D eigenvalue weighted by Crippen LogP contribution is 2.50. The van der Waals surface area contributed by atoms with Crippen LogP contribution >= 0.6 is 0 Å². The van der Waals surface area contributed by atoms with Gasteiger partial charge in [-0.3, -0.25) is 0 Å². The van der Waals surface area contributed by atoms with Gasteiger partial charge >= 0.3 is 0 Å². The van der Waals surface area contributed by atoms with E-state index in [4.69, 9.17) is 0 Å². The molecule has 0 bridgehead atoms. The van der Waals surface area contributed by atoms with Crippen LogP contribution in [0.1, 0.15) is 38.9 Å². The van der Waals surface area contributed by atoms with Crippen molar-refractivity contribution in [1.29, 1.82) is 10.5 Å². The summed E-state index contributed by atoms with van der Waals surface area (Å²) in [6.07, 6.45) is 0.837. The highest BCUT2D eigenvalue weighted by atomic mass is 14.9. The second-order valence-electron chi connectivity index (χ2n) is 14.1. The third-order valence-corrected chi connectivity index (χ3v) is 11.3. The lowest BCUT2D eigenvalue weighted by Crippen LogP contribution is -1.96. The first-order chi connectivity index (χ1) is 24.9. The summed E-state index contributed by atoms with van der Waals surface area (Å²) in [5.41, 5.74) is 20.8. The van der Waals surface area contributed by atoms with Crippen LogP contribution in [0.4, 0.5) is 0 Å². The lowest BCUT2D eigenvalue weighted by molar-refractivity contribution is 1.26. The van der Waals surface area contributed by atoms with E-state index < -0.39 is 0 Å². The van der Waals surface area contributed by atoms with Crippen LogP contribution in [0.25, 0.3) is 82.6 Å². The van der Waals surface area contributed by atoms with Crippen LogP contribution in [0.3, 0.4) is 0 Å². The van der Waals surface area contributed by atoms with Crippen molar-refractivity contribution in [3.05, 3.63) is 160 Å². The molecule has 2 heterocycles. The Hall–Kier alpha value is -6.68. The van der Waals surface area contributed by atoms with Crippen LogP contribution in [0.5, 0.6) is 0 Å². The summed E-state index contributed by atoms with van der Waals surface area (Å²) in [6.45, 7) is 6.46. The number of rotatable bonds is 3. The zero-order valence-corrected chi connectivity index (χ0v) is 28.6. The molecule has 0 fully saturated rings. The summed E-state index contributed by atoms with van der Waals surface area (Å²) >= 11 is 0. The van der Waals surface area contributed by atoms with Crippen LogP contribution in [-0.4, -0.2) is 4.40 Å². The van der Waals surface area contributed by atoms with Crippen molar-refractivity contribution < 1.29 is 0 Å². The van der Waals surface area contributed by atoms with Crippen LogP contribution < -0.4 is 0 Å². The monoisotopic (exact) mass is 649 g/mol. The van der Waals surface area contributed by atoms with Crippen LogP contribution in [0.15, 0.2) is 121 Å². The maximum atomic E-state index is 9.80. The molecule has 2 aromatic heterocycles. The van der Waals surface area contributed by atoms with E-state index in [-0.39, 0.29) is 0 Å². The maximum absolute atomic E-state index is 9.80. The predicted octanol–water partition coefficient (Wildman–Crippen LogP) is 12.1. The molecule has 9 aromatic rings. The normalized spacial score (nSPS) is 12.1. The molecule has 238 valence electrons. The van der Waals surface area contributed by atoms with E-state index in [2.05, 4.69) is 134 Å². The maximum Gasteiger partial charge on any atom is 0.0991 e. The number of nitrogens with zero attached hydrogens (tertiary/aromatic N) is 3. The second-order valence-corrected chi connectivity index (χ2v) is 14.1. The molecule has 0 aliphatic heterocycles. The van der Waals surface area contributed by atoms with Gasteiger partial charge in [0.1, 0.15) is 0 Å². The van der Waals surface area contributed by atoms with Gasteiger partial charge in [-0.15, -0.1) is 0 Å². The summed E-state index contributed by atoms with van der Waals surface area (Å²) < 4.78 is 2.47. The predicted molar refractivity (Wildman–Crippen MR) is 209 cm³/mol. The van der Waals surface area contributed by atoms with Gasteiger partial charge in [0.05, 0.1) is 39.8 Å². The van der Waals surface area contributed by atoms with Gasteiger partial charge in [-0.2, -0.15) is 10.5 Å². The van der Waals surface area contributed by atoms with Gasteiger partial charge in [0.2, 0.25) is 0 Å². The number of hydrogen-bond donors (Lipinski definition) is 0. The first kappa shape index (κ1) is 29.3. The first-order valence-electron chi connectivity index (χ1n) is 17.4. The molecule has 0 saturated heterocycles. The Kier molecular flexibility index (Phi) is 6.11. The molecule has 51 heavy (non-hydrogen) atoms. The van der Waals surface area contributed by atoms with Crippen molar-refractivity contribution >= 4 is 38.1 Å². The molecule has 3 heteroatoms. The fourth-order valence-corrected chi connectivity index (χ4v) is 8.84. The number of aryl methyl sites for hydroxylation is 3. The number of hydrogen-bond acceptors (Lipinski definition) is 2. The highest BCUT2D eigenvalue weighted by Gasteiger charge is 2.28. The Morgan fingerprint density at radius 2 is 1.14 bits per heavy atom. The smallest absolute Gasteiger partial charge is 0.0991 e. The minimum atomic E-state index is 0.672. The Labute approximate surface area is 296 Å². The Morgan fingerprint density at radius 1 is 0.490 bits per heavy atom. The third kappa shape index (κ3) is 4.04. The van der Waals surface area contributed by atoms with E-state index in [1.807, 2.05) is 24.3 Å². The molecule has 1 aliphatic rings. The lowest BCUT2D eigenvalue weighted by atomic mass is 9.85. The zero-order valence-electron chi connectivity index (χ0n) is 28.6. The first-order valence-corrected chi connectivity index (χ1v) is 17.4. The molecule has 0 amide bonds. The molecule has 0 N–H and O–H groups in total. The molecule has 3 nitrogen and oxygen atoms in total. The molecule has 0 saturated carbocycles. The van der Waals surface area contributed by atoms with Gasteiger partial charge in [0.15, 0.2) is 0 Å². The fraction of sp³-hybridized carbons (Fsp3) is 0.0833. The SMILES string of the molecule is Cc1ccc(C#N)cc1-c1ccc2c(c1-c1ccccc1C)Cc1cc3c4ccc(-c5cc(C#N)ccc5C)c5c6ccccc6n(c3cc1-2)c45. The number of benzene rings is 7. The third-order valence-electron chi connectivity index (χ3n) is 11.3. The standard InChI is InChI=1S/C48H31N3/c1-27-8-4-5-9-33(27)46-35(39-20-30(25-49)14-12-28(39)2)17-16-34-41-24-45-42(22-32(41)23-43(34)46)37-19-18-36(40-21-31(26-50)15-13-29(40)3)47-38-10-6-7-11-44(38)51(45)48(37)47/h4-22,24H,23H2,1-3H3. The molecule has 0 atom stereocenters. The molecule has 0 unspecified atom stereocenters. The van der Waals surface area contributed by atoms with Crippen molar-refractivity contribution in [2.75, 3.05) is 0 Å². The van der Waals surface area contributed by atoms with Crippen LogP contribution in [-0.2, 0) is 6.42 Å². The van der Waals surface area contributed by atoms with Gasteiger partial charge in [-0.1, -0.05) is 78.9 Å². The number of fused-ring (bicyclic) bond motifs is 9. The molecule has 1 aliphatic carbocycles. The average Bonchev–Trinajstić information content (AvgIpc) is 3.81. The molecular weight excluding hydrogens is 619 g/mol. The van der Waals surface area contributed by atoms with Crippen LogP contribution in [0, 0.1) is 43.4 Å². The van der Waals surface area contributed by atoms with E-state index in [0.717, 1.165) is 34.2 Å². The van der Waals surface area contributed by atoms with Gasteiger partial charge in [-0.25, -0.2) is 0 Å². The van der Waals surface area contributed by atoms with Crippen molar-refractivity contribution in [1.82, 2.24) is 4.40 Å². The summed E-state index contributed by atoms with van der Waals surface area (Å²) in [4.78, 5) is 0. The molecule has 0 radical (unpaired) electrons. The summed E-state index contributed by atoms with van der Waals surface area (Å²) in [5, 5.41) is 24.5. The second kappa shape index (κ2) is 10.7. The van der Waals surface area contributed by atoms with Crippen molar-refractivity contribution in [2.45, 2.75) is 27.2 Å². The van der Waals surface area contributed by atoms with Gasteiger partial charge in [0, 0.05) is 21.5 Å². The van der Waals surface area contributed by atoms with Crippen molar-refractivity contribution in [3.63, 3.8) is 0 Å². The Morgan fingerprint density at radius 3 is 1.88 bits per heavy atom. The minimum Gasteiger partial charge on any atom is -0.308 e. The summed E-state index contributed by atoms with van der Waals surface area (Å²) in [7, 11) is 0. The largest absolute Gasteiger partial charge is 0.308 e. The van der Waals surface area contributed by atoms with Gasteiger partial charge < -0.3 is 4.40 Å². The lowest BCUT2D eigenvalue weighted by Gasteiger charge is -2.19. The quantitative estimate of drug-likeness (QED) is 0.191. The van der Waals surface area contributed by atoms with E-state index in [9.17, 15) is 10.5 Å². The highest BCUT2D eigenvalue weighted by molar-refractivity contribution is 6.27. The Balaban J connectivity index is 1.26. The molecular formula is C48H31N3. The van der Waals surface area contributed by atoms with E-state index in [1.165, 1.54) is 82.6 Å². The molecule has 7 aromatic carbocycles. The van der Waals surface area contributed by atoms with E-state index >= 15 is 0 Å².